The minimum absolute atomic E-state index is 0.254. The molecule has 2 aliphatic heterocycles. The van der Waals surface area contributed by atoms with Crippen LogP contribution in [0, 0.1) is 0 Å². The molecule has 0 aliphatic carbocycles. The van der Waals surface area contributed by atoms with Crippen molar-refractivity contribution in [3.8, 4) is 0 Å². The Morgan fingerprint density at radius 3 is 2.73 bits per heavy atom. The van der Waals surface area contributed by atoms with E-state index in [-0.39, 0.29) is 18.0 Å². The Morgan fingerprint density at radius 2 is 2.04 bits per heavy atom. The summed E-state index contributed by atoms with van der Waals surface area (Å²) in [6.45, 7) is 5.54. The Balaban J connectivity index is 1.88. The van der Waals surface area contributed by atoms with Gasteiger partial charge in [0.2, 0.25) is 0 Å². The van der Waals surface area contributed by atoms with Gasteiger partial charge in [-0.15, -0.1) is 0 Å². The summed E-state index contributed by atoms with van der Waals surface area (Å²) in [6.07, 6.45) is 2.83. The van der Waals surface area contributed by atoms with Crippen LogP contribution in [0.2, 0.25) is 0 Å². The maximum atomic E-state index is 12.5. The van der Waals surface area contributed by atoms with Crippen molar-refractivity contribution in [2.24, 2.45) is 0 Å². The molecule has 6 heteroatoms. The van der Waals surface area contributed by atoms with E-state index in [9.17, 15) is 9.59 Å². The number of ether oxygens (including phenoxy) is 1. The van der Waals surface area contributed by atoms with Crippen molar-refractivity contribution in [1.29, 1.82) is 0 Å². The smallest absolute Gasteiger partial charge is 0.337 e. The summed E-state index contributed by atoms with van der Waals surface area (Å²) in [5.41, 5.74) is 2.49. The van der Waals surface area contributed by atoms with Crippen LogP contribution in [0.3, 0.4) is 0 Å². The van der Waals surface area contributed by atoms with Crippen molar-refractivity contribution in [3.63, 3.8) is 0 Å². The van der Waals surface area contributed by atoms with Gasteiger partial charge in [-0.3, -0.25) is 4.90 Å². The van der Waals surface area contributed by atoms with E-state index in [1.165, 1.54) is 5.56 Å². The Kier molecular flexibility index (Phi) is 5.93. The molecule has 6 nitrogen and oxygen atoms in total. The van der Waals surface area contributed by atoms with E-state index in [0.717, 1.165) is 19.4 Å². The van der Waals surface area contributed by atoms with Gasteiger partial charge in [0.25, 0.3) is 0 Å². The van der Waals surface area contributed by atoms with Crippen molar-refractivity contribution in [1.82, 2.24) is 15.5 Å². The van der Waals surface area contributed by atoms with Crippen LogP contribution in [0.4, 0.5) is 4.79 Å². The Hall–Kier alpha value is -2.34. The quantitative estimate of drug-likeness (QED) is 0.768. The Bertz CT molecular complexity index is 687. The summed E-state index contributed by atoms with van der Waals surface area (Å²) < 4.78 is 5.25. The van der Waals surface area contributed by atoms with Crippen molar-refractivity contribution in [3.05, 3.63) is 47.2 Å². The molecular weight excluding hydrogens is 330 g/mol. The molecule has 2 unspecified atom stereocenters. The standard InChI is InChI=1S/C20H27N3O3/c1-3-15-18(19(24)26-4-2)16(22-20(25)21-15)13-23-12-8-11-17(23)14-9-6-5-7-10-14/h5-7,9-10,15,17H,3-4,8,11-13H2,1-2H3,(H2,21,22,25). The number of hydrogen-bond donors (Lipinski definition) is 2. The van der Waals surface area contributed by atoms with Gasteiger partial charge >= 0.3 is 12.0 Å². The molecule has 2 atom stereocenters. The van der Waals surface area contributed by atoms with E-state index in [4.69, 9.17) is 4.74 Å². The van der Waals surface area contributed by atoms with E-state index in [2.05, 4.69) is 39.8 Å². The lowest BCUT2D eigenvalue weighted by atomic mass is 9.99. The highest BCUT2D eigenvalue weighted by Crippen LogP contribution is 2.32. The highest BCUT2D eigenvalue weighted by Gasteiger charge is 2.34. The highest BCUT2D eigenvalue weighted by molar-refractivity contribution is 5.94. The number of hydrogen-bond acceptors (Lipinski definition) is 4. The van der Waals surface area contributed by atoms with E-state index in [0.29, 0.717) is 36.9 Å². The first kappa shape index (κ1) is 18.5. The van der Waals surface area contributed by atoms with E-state index < -0.39 is 0 Å². The van der Waals surface area contributed by atoms with Crippen LogP contribution in [-0.2, 0) is 9.53 Å². The third-order valence-electron chi connectivity index (χ3n) is 5.06. The van der Waals surface area contributed by atoms with Crippen LogP contribution in [0.1, 0.15) is 44.7 Å². The van der Waals surface area contributed by atoms with Gasteiger partial charge in [0.15, 0.2) is 0 Å². The minimum Gasteiger partial charge on any atom is -0.463 e. The molecule has 26 heavy (non-hydrogen) atoms. The molecule has 1 aromatic rings. The van der Waals surface area contributed by atoms with Gasteiger partial charge < -0.3 is 15.4 Å². The van der Waals surface area contributed by atoms with Crippen molar-refractivity contribution >= 4 is 12.0 Å². The minimum atomic E-state index is -0.350. The van der Waals surface area contributed by atoms with Crippen LogP contribution >= 0.6 is 0 Å². The molecule has 0 aromatic heterocycles. The molecule has 3 rings (SSSR count). The summed E-state index contributed by atoms with van der Waals surface area (Å²) in [5, 5.41) is 5.68. The first-order valence-corrected chi connectivity index (χ1v) is 9.40. The lowest BCUT2D eigenvalue weighted by Gasteiger charge is -2.32. The van der Waals surface area contributed by atoms with Gasteiger partial charge in [-0.2, -0.15) is 0 Å². The molecule has 2 heterocycles. The molecule has 2 amide bonds. The lowest BCUT2D eigenvalue weighted by Crippen LogP contribution is -2.52. The summed E-state index contributed by atoms with van der Waals surface area (Å²) >= 11 is 0. The van der Waals surface area contributed by atoms with Crippen molar-refractivity contribution in [2.75, 3.05) is 19.7 Å². The predicted molar refractivity (Wildman–Crippen MR) is 99.4 cm³/mol. The zero-order chi connectivity index (χ0) is 18.5. The molecule has 0 saturated carbocycles. The normalized spacial score (nSPS) is 23.5. The monoisotopic (exact) mass is 357 g/mol. The number of amides is 2. The van der Waals surface area contributed by atoms with Crippen LogP contribution in [0.15, 0.2) is 41.6 Å². The third-order valence-corrected chi connectivity index (χ3v) is 5.06. The maximum absolute atomic E-state index is 12.5. The number of likely N-dealkylation sites (tertiary alicyclic amines) is 1. The lowest BCUT2D eigenvalue weighted by molar-refractivity contribution is -0.139. The van der Waals surface area contributed by atoms with Gasteiger partial charge in [0.05, 0.1) is 18.2 Å². The second-order valence-corrected chi connectivity index (χ2v) is 6.71. The van der Waals surface area contributed by atoms with Gasteiger partial charge in [0.1, 0.15) is 0 Å². The number of carbonyl (C=O) groups is 2. The van der Waals surface area contributed by atoms with Crippen LogP contribution in [0.5, 0.6) is 0 Å². The van der Waals surface area contributed by atoms with Crippen molar-refractivity contribution in [2.45, 2.75) is 45.2 Å². The number of nitrogens with zero attached hydrogens (tertiary/aromatic N) is 1. The van der Waals surface area contributed by atoms with Gasteiger partial charge in [-0.25, -0.2) is 9.59 Å². The molecule has 2 N–H and O–H groups in total. The number of esters is 1. The van der Waals surface area contributed by atoms with E-state index in [1.54, 1.807) is 6.92 Å². The van der Waals surface area contributed by atoms with Crippen LogP contribution in [-0.4, -0.2) is 42.6 Å². The first-order valence-electron chi connectivity index (χ1n) is 9.40. The second kappa shape index (κ2) is 8.36. The second-order valence-electron chi connectivity index (χ2n) is 6.71. The Labute approximate surface area is 154 Å². The average Bonchev–Trinajstić information content (AvgIpc) is 3.10. The maximum Gasteiger partial charge on any atom is 0.337 e. The molecule has 2 aliphatic rings. The molecule has 1 fully saturated rings. The van der Waals surface area contributed by atoms with Crippen LogP contribution < -0.4 is 10.6 Å². The molecule has 0 bridgehead atoms. The van der Waals surface area contributed by atoms with Crippen LogP contribution in [0.25, 0.3) is 0 Å². The fourth-order valence-electron chi connectivity index (χ4n) is 3.86. The molecule has 1 saturated heterocycles. The predicted octanol–water partition coefficient (Wildman–Crippen LogP) is 2.73. The number of rotatable bonds is 6. The number of urea groups is 1. The molecule has 0 radical (unpaired) electrons. The highest BCUT2D eigenvalue weighted by atomic mass is 16.5. The van der Waals surface area contributed by atoms with E-state index >= 15 is 0 Å². The summed E-state index contributed by atoms with van der Waals surface area (Å²) in [6, 6.07) is 10.1. The largest absolute Gasteiger partial charge is 0.463 e. The third kappa shape index (κ3) is 3.90. The number of benzene rings is 1. The molecule has 0 spiro atoms. The fraction of sp³-hybridized carbons (Fsp3) is 0.500. The molecular formula is C20H27N3O3. The summed E-state index contributed by atoms with van der Waals surface area (Å²) in [4.78, 5) is 26.9. The zero-order valence-electron chi connectivity index (χ0n) is 15.5. The summed E-state index contributed by atoms with van der Waals surface area (Å²) in [7, 11) is 0. The topological polar surface area (TPSA) is 70.7 Å². The number of carbonyl (C=O) groups excluding carboxylic acids is 2. The average molecular weight is 357 g/mol. The number of nitrogens with one attached hydrogen (secondary N) is 2. The SMILES string of the molecule is CCOC(=O)C1=C(CN2CCCC2c2ccccc2)NC(=O)NC1CC. The summed E-state index contributed by atoms with van der Waals surface area (Å²) in [5.74, 6) is -0.350. The fourth-order valence-corrected chi connectivity index (χ4v) is 3.86. The molecule has 1 aromatic carbocycles. The van der Waals surface area contributed by atoms with Gasteiger partial charge in [0, 0.05) is 18.3 Å². The van der Waals surface area contributed by atoms with E-state index in [1.807, 2.05) is 13.0 Å². The van der Waals surface area contributed by atoms with Gasteiger partial charge in [-0.05, 0) is 38.3 Å². The first-order chi connectivity index (χ1) is 12.6. The van der Waals surface area contributed by atoms with Crippen molar-refractivity contribution < 1.29 is 14.3 Å². The van der Waals surface area contributed by atoms with Gasteiger partial charge in [-0.1, -0.05) is 37.3 Å². The molecule has 140 valence electrons. The zero-order valence-corrected chi connectivity index (χ0v) is 15.5. The Morgan fingerprint density at radius 1 is 1.27 bits per heavy atom.